The van der Waals surface area contributed by atoms with Gasteiger partial charge in [-0.05, 0) is 48.9 Å². The fraction of sp³-hybridized carbons (Fsp3) is 0.435. The first kappa shape index (κ1) is 19.3. The minimum Gasteiger partial charge on any atom is -0.493 e. The summed E-state index contributed by atoms with van der Waals surface area (Å²) < 4.78 is 11.2. The van der Waals surface area contributed by atoms with Crippen LogP contribution in [0, 0.1) is 0 Å². The van der Waals surface area contributed by atoms with Crippen molar-refractivity contribution in [3.8, 4) is 11.5 Å². The molecule has 3 rings (SSSR count). The van der Waals surface area contributed by atoms with Crippen molar-refractivity contribution < 1.29 is 14.3 Å². The normalized spacial score (nSPS) is 14.8. The lowest BCUT2D eigenvalue weighted by atomic mass is 9.89. The van der Waals surface area contributed by atoms with Crippen LogP contribution in [-0.4, -0.2) is 37.6 Å². The van der Waals surface area contributed by atoms with Gasteiger partial charge in [0.15, 0.2) is 11.5 Å². The average molecular weight is 367 g/mol. The van der Waals surface area contributed by atoms with Gasteiger partial charge in [-0.15, -0.1) is 0 Å². The van der Waals surface area contributed by atoms with Crippen molar-refractivity contribution in [1.29, 1.82) is 0 Å². The zero-order valence-electron chi connectivity index (χ0n) is 16.3. The van der Waals surface area contributed by atoms with Crippen LogP contribution >= 0.6 is 0 Å². The second-order valence-electron chi connectivity index (χ2n) is 7.04. The molecule has 0 saturated carbocycles. The predicted octanol–water partition coefficient (Wildman–Crippen LogP) is 4.89. The van der Waals surface area contributed by atoms with Gasteiger partial charge in [-0.2, -0.15) is 0 Å². The van der Waals surface area contributed by atoms with E-state index >= 15 is 0 Å². The number of nitrogens with zero attached hydrogens (tertiary/aromatic N) is 1. The fourth-order valence-electron chi connectivity index (χ4n) is 3.57. The molecule has 0 aromatic heterocycles. The lowest BCUT2D eigenvalue weighted by molar-refractivity contribution is 0.0712. The van der Waals surface area contributed by atoms with E-state index in [2.05, 4.69) is 31.2 Å². The molecule has 4 nitrogen and oxygen atoms in total. The Bertz CT molecular complexity index is 737. The molecule has 0 aliphatic carbocycles. The first-order chi connectivity index (χ1) is 13.2. The molecule has 1 fully saturated rings. The van der Waals surface area contributed by atoms with E-state index in [4.69, 9.17) is 9.47 Å². The Labute approximate surface area is 162 Å². The molecule has 0 radical (unpaired) electrons. The van der Waals surface area contributed by atoms with Crippen molar-refractivity contribution in [2.75, 3.05) is 26.8 Å². The number of hydrogen-bond donors (Lipinski definition) is 0. The van der Waals surface area contributed by atoms with E-state index < -0.39 is 0 Å². The lowest BCUT2D eigenvalue weighted by Gasteiger charge is -2.32. The fourth-order valence-corrected chi connectivity index (χ4v) is 3.57. The third-order valence-corrected chi connectivity index (χ3v) is 5.22. The summed E-state index contributed by atoms with van der Waals surface area (Å²) in [6.45, 7) is 4.36. The largest absolute Gasteiger partial charge is 0.493 e. The summed E-state index contributed by atoms with van der Waals surface area (Å²) in [6.07, 6.45) is 4.09. The summed E-state index contributed by atoms with van der Waals surface area (Å²) in [6, 6.07) is 16.1. The number of carbonyl (C=O) groups excluding carboxylic acids is 1. The molecule has 1 aliphatic heterocycles. The average Bonchev–Trinajstić information content (AvgIpc) is 2.74. The maximum atomic E-state index is 12.9. The summed E-state index contributed by atoms with van der Waals surface area (Å²) in [4.78, 5) is 14.9. The van der Waals surface area contributed by atoms with Crippen LogP contribution in [0.25, 0.3) is 0 Å². The van der Waals surface area contributed by atoms with E-state index in [1.807, 2.05) is 23.1 Å². The van der Waals surface area contributed by atoms with Crippen LogP contribution in [0.5, 0.6) is 11.5 Å². The molecule has 27 heavy (non-hydrogen) atoms. The molecule has 144 valence electrons. The maximum Gasteiger partial charge on any atom is 0.253 e. The molecule has 0 spiro atoms. The van der Waals surface area contributed by atoms with E-state index in [0.29, 0.717) is 29.6 Å². The van der Waals surface area contributed by atoms with Gasteiger partial charge in [0.05, 0.1) is 13.7 Å². The van der Waals surface area contributed by atoms with Crippen LogP contribution in [0.1, 0.15) is 54.4 Å². The molecule has 1 saturated heterocycles. The Balaban J connectivity index is 1.62. The van der Waals surface area contributed by atoms with Gasteiger partial charge in [0.25, 0.3) is 5.91 Å². The number of ether oxygens (including phenoxy) is 2. The van der Waals surface area contributed by atoms with Gasteiger partial charge in [0, 0.05) is 18.7 Å². The molecule has 4 heteroatoms. The Morgan fingerprint density at radius 3 is 2.48 bits per heavy atom. The SMILES string of the molecule is CCCCOc1ccc(C(=O)N2CCC(c3ccccc3)CC2)cc1OC. The standard InChI is InChI=1S/C23H29NO3/c1-3-4-16-27-21-11-10-20(17-22(21)26-2)23(25)24-14-12-19(13-15-24)18-8-6-5-7-9-18/h5-11,17,19H,3-4,12-16H2,1-2H3. The molecule has 1 aliphatic rings. The van der Waals surface area contributed by atoms with Crippen molar-refractivity contribution in [1.82, 2.24) is 4.90 Å². The monoisotopic (exact) mass is 367 g/mol. The van der Waals surface area contributed by atoms with Crippen molar-refractivity contribution in [2.45, 2.75) is 38.5 Å². The molecule has 1 heterocycles. The Morgan fingerprint density at radius 2 is 1.81 bits per heavy atom. The smallest absolute Gasteiger partial charge is 0.253 e. The number of carbonyl (C=O) groups is 1. The van der Waals surface area contributed by atoms with Crippen LogP contribution in [-0.2, 0) is 0 Å². The number of methoxy groups -OCH3 is 1. The minimum atomic E-state index is 0.0694. The van der Waals surface area contributed by atoms with E-state index in [0.717, 1.165) is 38.8 Å². The van der Waals surface area contributed by atoms with Crippen molar-refractivity contribution in [3.63, 3.8) is 0 Å². The van der Waals surface area contributed by atoms with Gasteiger partial charge in [-0.25, -0.2) is 0 Å². The number of likely N-dealkylation sites (tertiary alicyclic amines) is 1. The Hall–Kier alpha value is -2.49. The summed E-state index contributed by atoms with van der Waals surface area (Å²) in [5.74, 6) is 1.93. The number of amides is 1. The molecule has 0 bridgehead atoms. The number of rotatable bonds is 7. The Morgan fingerprint density at radius 1 is 1.07 bits per heavy atom. The van der Waals surface area contributed by atoms with Crippen LogP contribution < -0.4 is 9.47 Å². The molecule has 0 unspecified atom stereocenters. The molecular weight excluding hydrogens is 338 g/mol. The van der Waals surface area contributed by atoms with Crippen LogP contribution in [0.2, 0.25) is 0 Å². The van der Waals surface area contributed by atoms with E-state index in [1.54, 1.807) is 13.2 Å². The summed E-state index contributed by atoms with van der Waals surface area (Å²) in [7, 11) is 1.61. The highest BCUT2D eigenvalue weighted by molar-refractivity contribution is 5.95. The lowest BCUT2D eigenvalue weighted by Crippen LogP contribution is -2.37. The second-order valence-corrected chi connectivity index (χ2v) is 7.04. The van der Waals surface area contributed by atoms with Crippen LogP contribution in [0.4, 0.5) is 0 Å². The van der Waals surface area contributed by atoms with Crippen molar-refractivity contribution in [2.24, 2.45) is 0 Å². The number of piperidine rings is 1. The third kappa shape index (κ3) is 4.82. The van der Waals surface area contributed by atoms with Gasteiger partial charge >= 0.3 is 0 Å². The van der Waals surface area contributed by atoms with E-state index in [-0.39, 0.29) is 5.91 Å². The van der Waals surface area contributed by atoms with E-state index in [1.165, 1.54) is 5.56 Å². The number of benzene rings is 2. The molecule has 0 atom stereocenters. The third-order valence-electron chi connectivity index (χ3n) is 5.22. The van der Waals surface area contributed by atoms with E-state index in [9.17, 15) is 4.79 Å². The van der Waals surface area contributed by atoms with Gasteiger partial charge in [-0.3, -0.25) is 4.79 Å². The molecule has 1 amide bonds. The molecular formula is C23H29NO3. The topological polar surface area (TPSA) is 38.8 Å². The van der Waals surface area contributed by atoms with Gasteiger partial charge in [-0.1, -0.05) is 43.7 Å². The summed E-state index contributed by atoms with van der Waals surface area (Å²) in [5, 5.41) is 0. The van der Waals surface area contributed by atoms with Gasteiger partial charge in [0.2, 0.25) is 0 Å². The number of unbranched alkanes of at least 4 members (excludes halogenated alkanes) is 1. The molecule has 0 N–H and O–H groups in total. The minimum absolute atomic E-state index is 0.0694. The van der Waals surface area contributed by atoms with Crippen LogP contribution in [0.3, 0.4) is 0 Å². The van der Waals surface area contributed by atoms with Crippen molar-refractivity contribution in [3.05, 3.63) is 59.7 Å². The highest BCUT2D eigenvalue weighted by atomic mass is 16.5. The highest BCUT2D eigenvalue weighted by Crippen LogP contribution is 2.31. The van der Waals surface area contributed by atoms with Crippen LogP contribution in [0.15, 0.2) is 48.5 Å². The number of hydrogen-bond acceptors (Lipinski definition) is 3. The summed E-state index contributed by atoms with van der Waals surface area (Å²) >= 11 is 0. The highest BCUT2D eigenvalue weighted by Gasteiger charge is 2.25. The van der Waals surface area contributed by atoms with Crippen molar-refractivity contribution >= 4 is 5.91 Å². The second kappa shape index (κ2) is 9.45. The quantitative estimate of drug-likeness (QED) is 0.654. The zero-order valence-corrected chi connectivity index (χ0v) is 16.3. The first-order valence-corrected chi connectivity index (χ1v) is 9.88. The zero-order chi connectivity index (χ0) is 19.1. The van der Waals surface area contributed by atoms with Gasteiger partial charge < -0.3 is 14.4 Å². The summed E-state index contributed by atoms with van der Waals surface area (Å²) in [5.41, 5.74) is 2.03. The van der Waals surface area contributed by atoms with Gasteiger partial charge in [0.1, 0.15) is 0 Å². The molecule has 2 aromatic rings. The predicted molar refractivity (Wildman–Crippen MR) is 108 cm³/mol. The first-order valence-electron chi connectivity index (χ1n) is 9.88. The Kier molecular flexibility index (Phi) is 6.74. The molecule has 2 aromatic carbocycles. The maximum absolute atomic E-state index is 12.9.